The Labute approximate surface area is 102 Å². The third-order valence-corrected chi connectivity index (χ3v) is 3.79. The van der Waals surface area contributed by atoms with Gasteiger partial charge in [-0.3, -0.25) is 0 Å². The number of hydrogen-bond donors (Lipinski definition) is 1. The van der Waals surface area contributed by atoms with E-state index in [1.54, 1.807) is 7.11 Å². The van der Waals surface area contributed by atoms with Gasteiger partial charge in [0.05, 0.1) is 12.1 Å². The molecule has 88 valence electrons. The fraction of sp³-hybridized carbons (Fsp3) is 0.538. The Hall–Kier alpha value is -0.730. The molecule has 1 aromatic carbocycles. The highest BCUT2D eigenvalue weighted by molar-refractivity contribution is 6.33. The predicted octanol–water partition coefficient (Wildman–Crippen LogP) is 3.04. The number of rotatable bonds is 2. The highest BCUT2D eigenvalue weighted by atomic mass is 35.5. The second-order valence-electron chi connectivity index (χ2n) is 4.46. The second-order valence-corrected chi connectivity index (χ2v) is 4.84. The molecule has 1 aliphatic heterocycles. The van der Waals surface area contributed by atoms with Crippen molar-refractivity contribution in [2.75, 3.05) is 20.2 Å². The number of ether oxygens (including phenoxy) is 1. The van der Waals surface area contributed by atoms with E-state index in [0.29, 0.717) is 5.92 Å². The molecule has 0 saturated carbocycles. The van der Waals surface area contributed by atoms with Crippen molar-refractivity contribution in [1.29, 1.82) is 0 Å². The van der Waals surface area contributed by atoms with Gasteiger partial charge in [0.15, 0.2) is 0 Å². The molecule has 1 atom stereocenters. The van der Waals surface area contributed by atoms with Crippen molar-refractivity contribution >= 4 is 11.6 Å². The van der Waals surface area contributed by atoms with Crippen LogP contribution in [0.15, 0.2) is 6.07 Å². The van der Waals surface area contributed by atoms with E-state index in [1.165, 1.54) is 11.1 Å². The summed E-state index contributed by atoms with van der Waals surface area (Å²) in [5, 5.41) is 4.14. The summed E-state index contributed by atoms with van der Waals surface area (Å²) >= 11 is 6.30. The summed E-state index contributed by atoms with van der Waals surface area (Å²) in [5.41, 5.74) is 3.65. The number of aryl methyl sites for hydroxylation is 2. The van der Waals surface area contributed by atoms with Gasteiger partial charge in [-0.05, 0) is 37.9 Å². The van der Waals surface area contributed by atoms with Crippen LogP contribution in [0.25, 0.3) is 0 Å². The van der Waals surface area contributed by atoms with Gasteiger partial charge in [0.2, 0.25) is 0 Å². The van der Waals surface area contributed by atoms with Gasteiger partial charge in [0, 0.05) is 18.0 Å². The highest BCUT2D eigenvalue weighted by Gasteiger charge is 2.24. The van der Waals surface area contributed by atoms with Crippen LogP contribution < -0.4 is 10.1 Å². The molecule has 0 radical (unpaired) electrons. The summed E-state index contributed by atoms with van der Waals surface area (Å²) in [6, 6.07) is 2.15. The molecular weight excluding hydrogens is 222 g/mol. The number of hydrogen-bond acceptors (Lipinski definition) is 2. The van der Waals surface area contributed by atoms with Crippen molar-refractivity contribution < 1.29 is 4.74 Å². The molecule has 1 aliphatic rings. The van der Waals surface area contributed by atoms with Crippen LogP contribution in [0.4, 0.5) is 0 Å². The van der Waals surface area contributed by atoms with Gasteiger partial charge < -0.3 is 10.1 Å². The quantitative estimate of drug-likeness (QED) is 0.857. The van der Waals surface area contributed by atoms with E-state index in [4.69, 9.17) is 16.3 Å². The SMILES string of the molecule is COc1c(Cl)c(C)cc(C)c1C1CCNC1. The minimum Gasteiger partial charge on any atom is -0.495 e. The van der Waals surface area contributed by atoms with Crippen molar-refractivity contribution in [3.05, 3.63) is 27.8 Å². The van der Waals surface area contributed by atoms with Gasteiger partial charge in [0.25, 0.3) is 0 Å². The van der Waals surface area contributed by atoms with E-state index >= 15 is 0 Å². The number of nitrogens with one attached hydrogen (secondary N) is 1. The predicted molar refractivity (Wildman–Crippen MR) is 67.7 cm³/mol. The van der Waals surface area contributed by atoms with Gasteiger partial charge in [0.1, 0.15) is 5.75 Å². The molecule has 1 heterocycles. The first kappa shape index (κ1) is 11.7. The number of methoxy groups -OCH3 is 1. The van der Waals surface area contributed by atoms with Crippen molar-refractivity contribution in [3.8, 4) is 5.75 Å². The zero-order chi connectivity index (χ0) is 11.7. The fourth-order valence-corrected chi connectivity index (χ4v) is 2.78. The summed E-state index contributed by atoms with van der Waals surface area (Å²) in [4.78, 5) is 0. The third kappa shape index (κ3) is 1.92. The number of benzene rings is 1. The first-order valence-corrected chi connectivity index (χ1v) is 6.07. The molecule has 16 heavy (non-hydrogen) atoms. The molecule has 0 spiro atoms. The third-order valence-electron chi connectivity index (χ3n) is 3.32. The Bertz CT molecular complexity index is 397. The second kappa shape index (κ2) is 4.64. The lowest BCUT2D eigenvalue weighted by Crippen LogP contribution is -2.10. The lowest BCUT2D eigenvalue weighted by molar-refractivity contribution is 0.405. The van der Waals surface area contributed by atoms with Crippen LogP contribution >= 0.6 is 11.6 Å². The largest absolute Gasteiger partial charge is 0.495 e. The van der Waals surface area contributed by atoms with Gasteiger partial charge in [-0.15, -0.1) is 0 Å². The van der Waals surface area contributed by atoms with Gasteiger partial charge in [-0.25, -0.2) is 0 Å². The van der Waals surface area contributed by atoms with Crippen LogP contribution in [0.3, 0.4) is 0 Å². The normalized spacial score (nSPS) is 20.1. The van der Waals surface area contributed by atoms with E-state index in [1.807, 2.05) is 6.92 Å². The molecule has 0 aromatic heterocycles. The Balaban J connectivity index is 2.53. The van der Waals surface area contributed by atoms with Crippen LogP contribution in [0.1, 0.15) is 29.0 Å². The van der Waals surface area contributed by atoms with E-state index in [-0.39, 0.29) is 0 Å². The van der Waals surface area contributed by atoms with Crippen molar-refractivity contribution in [2.45, 2.75) is 26.2 Å². The van der Waals surface area contributed by atoms with Crippen molar-refractivity contribution in [3.63, 3.8) is 0 Å². The lowest BCUT2D eigenvalue weighted by Gasteiger charge is -2.19. The monoisotopic (exact) mass is 239 g/mol. The minimum atomic E-state index is 0.535. The summed E-state index contributed by atoms with van der Waals surface area (Å²) in [6.45, 7) is 6.27. The summed E-state index contributed by atoms with van der Waals surface area (Å²) in [5.74, 6) is 1.40. The van der Waals surface area contributed by atoms with Gasteiger partial charge >= 0.3 is 0 Å². The van der Waals surface area contributed by atoms with E-state index in [0.717, 1.165) is 35.8 Å². The molecule has 1 unspecified atom stereocenters. The molecule has 2 nitrogen and oxygen atoms in total. The van der Waals surface area contributed by atoms with Crippen LogP contribution in [-0.4, -0.2) is 20.2 Å². The van der Waals surface area contributed by atoms with Gasteiger partial charge in [-0.2, -0.15) is 0 Å². The first-order valence-electron chi connectivity index (χ1n) is 5.69. The molecule has 1 fully saturated rings. The van der Waals surface area contributed by atoms with Gasteiger partial charge in [-0.1, -0.05) is 17.7 Å². The van der Waals surface area contributed by atoms with Crippen LogP contribution in [0.5, 0.6) is 5.75 Å². The minimum absolute atomic E-state index is 0.535. The Morgan fingerprint density at radius 2 is 2.12 bits per heavy atom. The summed E-state index contributed by atoms with van der Waals surface area (Å²) < 4.78 is 5.49. The topological polar surface area (TPSA) is 21.3 Å². The summed E-state index contributed by atoms with van der Waals surface area (Å²) in [7, 11) is 1.70. The van der Waals surface area contributed by atoms with Crippen LogP contribution in [-0.2, 0) is 0 Å². The first-order chi connectivity index (χ1) is 7.65. The highest BCUT2D eigenvalue weighted by Crippen LogP contribution is 2.40. The molecule has 3 heteroatoms. The molecular formula is C13H18ClNO. The fourth-order valence-electron chi connectivity index (χ4n) is 2.55. The van der Waals surface area contributed by atoms with Crippen LogP contribution in [0, 0.1) is 13.8 Å². The maximum Gasteiger partial charge on any atom is 0.141 e. The van der Waals surface area contributed by atoms with Crippen LogP contribution in [0.2, 0.25) is 5.02 Å². The maximum atomic E-state index is 6.30. The molecule has 0 aliphatic carbocycles. The molecule has 1 saturated heterocycles. The van der Waals surface area contributed by atoms with E-state index in [2.05, 4.69) is 18.3 Å². The maximum absolute atomic E-state index is 6.30. The Kier molecular flexibility index (Phi) is 3.41. The molecule has 1 aromatic rings. The Morgan fingerprint density at radius 3 is 2.69 bits per heavy atom. The van der Waals surface area contributed by atoms with Crippen molar-refractivity contribution in [1.82, 2.24) is 5.32 Å². The smallest absolute Gasteiger partial charge is 0.141 e. The average molecular weight is 240 g/mol. The van der Waals surface area contributed by atoms with E-state index < -0.39 is 0 Å². The molecule has 0 amide bonds. The number of halogens is 1. The average Bonchev–Trinajstić information content (AvgIpc) is 2.76. The zero-order valence-electron chi connectivity index (χ0n) is 10.1. The summed E-state index contributed by atoms with van der Waals surface area (Å²) in [6.07, 6.45) is 1.16. The zero-order valence-corrected chi connectivity index (χ0v) is 10.8. The van der Waals surface area contributed by atoms with E-state index in [9.17, 15) is 0 Å². The molecule has 0 bridgehead atoms. The Morgan fingerprint density at radius 1 is 1.38 bits per heavy atom. The van der Waals surface area contributed by atoms with Crippen molar-refractivity contribution in [2.24, 2.45) is 0 Å². The standard InChI is InChI=1S/C13H18ClNO/c1-8-6-9(2)12(14)13(16-3)11(8)10-4-5-15-7-10/h6,10,15H,4-5,7H2,1-3H3. The molecule has 1 N–H and O–H groups in total. The lowest BCUT2D eigenvalue weighted by atomic mass is 9.92. The molecule has 2 rings (SSSR count).